The SMILES string of the molecule is Cc1nc2ncnn2c(N(C)C)c1Cc1ccc(S(=N)(=O)Cc2ccccc2)cc1. The molecule has 154 valence electrons. The minimum atomic E-state index is -2.90. The Labute approximate surface area is 176 Å². The number of anilines is 1. The Balaban J connectivity index is 1.63. The number of aromatic nitrogens is 4. The molecule has 4 rings (SSSR count). The fourth-order valence-corrected chi connectivity index (χ4v) is 4.96. The van der Waals surface area contributed by atoms with E-state index in [-0.39, 0.29) is 5.75 Å². The highest BCUT2D eigenvalue weighted by molar-refractivity contribution is 7.91. The molecule has 0 spiro atoms. The fraction of sp³-hybridized carbons (Fsp3) is 0.227. The van der Waals surface area contributed by atoms with Crippen molar-refractivity contribution in [2.45, 2.75) is 24.0 Å². The minimum absolute atomic E-state index is 0.212. The van der Waals surface area contributed by atoms with Crippen LogP contribution in [0.15, 0.2) is 65.8 Å². The van der Waals surface area contributed by atoms with Gasteiger partial charge in [-0.25, -0.2) is 14.0 Å². The number of hydrogen-bond acceptors (Lipinski definition) is 6. The summed E-state index contributed by atoms with van der Waals surface area (Å²) in [6.07, 6.45) is 2.16. The predicted octanol–water partition coefficient (Wildman–Crippen LogP) is 3.70. The maximum Gasteiger partial charge on any atom is 0.254 e. The maximum atomic E-state index is 13.0. The summed E-state index contributed by atoms with van der Waals surface area (Å²) < 4.78 is 23.1. The molecule has 1 atom stereocenters. The summed E-state index contributed by atoms with van der Waals surface area (Å²) in [5.74, 6) is 1.72. The van der Waals surface area contributed by atoms with Gasteiger partial charge in [0.15, 0.2) is 0 Å². The Bertz CT molecular complexity index is 1280. The van der Waals surface area contributed by atoms with Crippen LogP contribution in [0.1, 0.15) is 22.4 Å². The lowest BCUT2D eigenvalue weighted by Gasteiger charge is -2.20. The van der Waals surface area contributed by atoms with Crippen LogP contribution in [0.5, 0.6) is 0 Å². The van der Waals surface area contributed by atoms with Crippen LogP contribution in [-0.4, -0.2) is 37.9 Å². The zero-order chi connectivity index (χ0) is 21.3. The molecule has 1 unspecified atom stereocenters. The highest BCUT2D eigenvalue weighted by Crippen LogP contribution is 2.25. The van der Waals surface area contributed by atoms with Crippen molar-refractivity contribution in [3.63, 3.8) is 0 Å². The highest BCUT2D eigenvalue weighted by Gasteiger charge is 2.17. The van der Waals surface area contributed by atoms with E-state index in [2.05, 4.69) is 15.1 Å². The quantitative estimate of drug-likeness (QED) is 0.514. The Kier molecular flexibility index (Phi) is 5.26. The molecule has 2 heterocycles. The van der Waals surface area contributed by atoms with Crippen molar-refractivity contribution in [3.8, 4) is 0 Å². The van der Waals surface area contributed by atoms with Crippen LogP contribution in [0.4, 0.5) is 5.82 Å². The maximum absolute atomic E-state index is 13.0. The Morgan fingerprint density at radius 2 is 1.73 bits per heavy atom. The second-order valence-electron chi connectivity index (χ2n) is 7.49. The van der Waals surface area contributed by atoms with Gasteiger partial charge >= 0.3 is 0 Å². The van der Waals surface area contributed by atoms with Crippen LogP contribution in [0.3, 0.4) is 0 Å². The first kappa shape index (κ1) is 20.0. The molecule has 1 N–H and O–H groups in total. The second-order valence-corrected chi connectivity index (χ2v) is 9.60. The predicted molar refractivity (Wildman–Crippen MR) is 118 cm³/mol. The van der Waals surface area contributed by atoms with Crippen molar-refractivity contribution in [2.75, 3.05) is 19.0 Å². The molecule has 0 radical (unpaired) electrons. The Morgan fingerprint density at radius 1 is 1.03 bits per heavy atom. The summed E-state index contributed by atoms with van der Waals surface area (Å²) in [5.41, 5.74) is 3.92. The summed E-state index contributed by atoms with van der Waals surface area (Å²) in [6, 6.07) is 17.0. The third-order valence-corrected chi connectivity index (χ3v) is 6.80. The molecule has 2 aromatic carbocycles. The molecule has 0 aliphatic rings. The van der Waals surface area contributed by atoms with E-state index >= 15 is 0 Å². The van der Waals surface area contributed by atoms with Crippen molar-refractivity contribution >= 4 is 21.3 Å². The molecule has 4 aromatic rings. The number of nitrogens with zero attached hydrogens (tertiary/aromatic N) is 5. The van der Waals surface area contributed by atoms with Gasteiger partial charge in [0, 0.05) is 36.7 Å². The smallest absolute Gasteiger partial charge is 0.254 e. The van der Waals surface area contributed by atoms with E-state index in [1.165, 1.54) is 6.33 Å². The lowest BCUT2D eigenvalue weighted by atomic mass is 10.0. The molecule has 2 aromatic heterocycles. The second kappa shape index (κ2) is 7.87. The lowest BCUT2D eigenvalue weighted by molar-refractivity contribution is 0.674. The first-order valence-electron chi connectivity index (χ1n) is 9.61. The van der Waals surface area contributed by atoms with Crippen LogP contribution in [0, 0.1) is 11.7 Å². The molecular formula is C22H24N6OS. The molecule has 0 aliphatic heterocycles. The summed E-state index contributed by atoms with van der Waals surface area (Å²) in [4.78, 5) is 11.3. The monoisotopic (exact) mass is 420 g/mol. The summed E-state index contributed by atoms with van der Waals surface area (Å²) in [7, 11) is 1.05. The fourth-order valence-electron chi connectivity index (χ4n) is 3.56. The molecule has 8 heteroatoms. The Morgan fingerprint density at radius 3 is 2.40 bits per heavy atom. The topological polar surface area (TPSA) is 87.2 Å². The van der Waals surface area contributed by atoms with Gasteiger partial charge in [0.2, 0.25) is 0 Å². The van der Waals surface area contributed by atoms with Crippen molar-refractivity contribution < 1.29 is 4.21 Å². The molecule has 0 saturated carbocycles. The van der Waals surface area contributed by atoms with Crippen LogP contribution in [-0.2, 0) is 21.9 Å². The number of nitrogens with one attached hydrogen (secondary N) is 1. The van der Waals surface area contributed by atoms with Gasteiger partial charge in [-0.2, -0.15) is 14.6 Å². The van der Waals surface area contributed by atoms with Crippen molar-refractivity contribution in [1.82, 2.24) is 19.6 Å². The van der Waals surface area contributed by atoms with E-state index in [9.17, 15) is 4.21 Å². The van der Waals surface area contributed by atoms with E-state index in [4.69, 9.17) is 4.78 Å². The van der Waals surface area contributed by atoms with Gasteiger partial charge in [-0.05, 0) is 30.2 Å². The standard InChI is InChI=1S/C22H24N6OS/c1-16-20(21(27(2)3)28-22(26-16)24-15-25-28)13-17-9-11-19(12-10-17)30(23,29)14-18-7-5-4-6-8-18/h4-12,15,23H,13-14H2,1-3H3. The molecule has 0 fully saturated rings. The van der Waals surface area contributed by atoms with Crippen molar-refractivity contribution in [1.29, 1.82) is 4.78 Å². The molecule has 0 saturated heterocycles. The molecule has 0 aliphatic carbocycles. The van der Waals surface area contributed by atoms with Gasteiger partial charge < -0.3 is 4.90 Å². The first-order chi connectivity index (χ1) is 14.3. The molecular weight excluding hydrogens is 396 g/mol. The average molecular weight is 421 g/mol. The molecule has 7 nitrogen and oxygen atoms in total. The third kappa shape index (κ3) is 3.91. The van der Waals surface area contributed by atoms with E-state index in [1.54, 1.807) is 16.6 Å². The zero-order valence-corrected chi connectivity index (χ0v) is 18.1. The van der Waals surface area contributed by atoms with Gasteiger partial charge in [-0.1, -0.05) is 42.5 Å². The number of benzene rings is 2. The van der Waals surface area contributed by atoms with E-state index in [0.29, 0.717) is 17.1 Å². The molecule has 0 bridgehead atoms. The van der Waals surface area contributed by atoms with Gasteiger partial charge in [0.1, 0.15) is 12.1 Å². The first-order valence-corrected chi connectivity index (χ1v) is 11.3. The Hall–Kier alpha value is -3.26. The van der Waals surface area contributed by atoms with Crippen LogP contribution in [0.2, 0.25) is 0 Å². The lowest BCUT2D eigenvalue weighted by Crippen LogP contribution is -2.18. The molecule has 30 heavy (non-hydrogen) atoms. The zero-order valence-electron chi connectivity index (χ0n) is 17.2. The van der Waals surface area contributed by atoms with Crippen LogP contribution in [0.25, 0.3) is 5.78 Å². The van der Waals surface area contributed by atoms with E-state index < -0.39 is 9.73 Å². The van der Waals surface area contributed by atoms with Crippen LogP contribution < -0.4 is 4.90 Å². The van der Waals surface area contributed by atoms with Crippen molar-refractivity contribution in [3.05, 3.63) is 83.3 Å². The van der Waals surface area contributed by atoms with E-state index in [0.717, 1.165) is 28.2 Å². The third-order valence-electron chi connectivity index (χ3n) is 5.03. The summed E-state index contributed by atoms with van der Waals surface area (Å²) >= 11 is 0. The number of aryl methyl sites for hydroxylation is 1. The summed E-state index contributed by atoms with van der Waals surface area (Å²) in [5, 5.41) is 4.31. The van der Waals surface area contributed by atoms with E-state index in [1.807, 2.05) is 68.4 Å². The number of fused-ring (bicyclic) bond motifs is 1. The largest absolute Gasteiger partial charge is 0.362 e. The van der Waals surface area contributed by atoms with Gasteiger partial charge in [-0.3, -0.25) is 0 Å². The highest BCUT2D eigenvalue weighted by atomic mass is 32.2. The average Bonchev–Trinajstić information content (AvgIpc) is 3.16. The molecule has 0 amide bonds. The minimum Gasteiger partial charge on any atom is -0.362 e. The van der Waals surface area contributed by atoms with Crippen LogP contribution >= 0.6 is 0 Å². The number of rotatable bonds is 6. The summed E-state index contributed by atoms with van der Waals surface area (Å²) in [6.45, 7) is 1.97. The van der Waals surface area contributed by atoms with Gasteiger partial charge in [-0.15, -0.1) is 0 Å². The van der Waals surface area contributed by atoms with Crippen molar-refractivity contribution in [2.24, 2.45) is 0 Å². The number of hydrogen-bond donors (Lipinski definition) is 1. The normalized spacial score (nSPS) is 13.3. The van der Waals surface area contributed by atoms with Gasteiger partial charge in [0.25, 0.3) is 5.78 Å². The van der Waals surface area contributed by atoms with Gasteiger partial charge in [0.05, 0.1) is 15.5 Å².